The van der Waals surface area contributed by atoms with Crippen LogP contribution in [0.5, 0.6) is 0 Å². The molecule has 0 unspecified atom stereocenters. The van der Waals surface area contributed by atoms with Gasteiger partial charge in [-0.15, -0.1) is 0 Å². The maximum absolute atomic E-state index is 12.6. The van der Waals surface area contributed by atoms with Crippen molar-refractivity contribution < 1.29 is 13.2 Å². The van der Waals surface area contributed by atoms with E-state index in [1.165, 1.54) is 6.26 Å². The van der Waals surface area contributed by atoms with Gasteiger partial charge in [-0.2, -0.15) is 0 Å². The number of hydrogen-bond donors (Lipinski definition) is 1. The number of aromatic nitrogens is 1. The minimum absolute atomic E-state index is 0.167. The van der Waals surface area contributed by atoms with Gasteiger partial charge in [0.2, 0.25) is 0 Å². The first-order valence-electron chi connectivity index (χ1n) is 7.67. The summed E-state index contributed by atoms with van der Waals surface area (Å²) in [4.78, 5) is 17.0. The number of carbonyl (C=O) groups excluding carboxylic acids is 1. The van der Waals surface area contributed by atoms with Crippen molar-refractivity contribution in [3.05, 3.63) is 41.6 Å². The Morgan fingerprint density at radius 3 is 2.61 bits per heavy atom. The predicted molar refractivity (Wildman–Crippen MR) is 90.2 cm³/mol. The average molecular weight is 332 g/mol. The van der Waals surface area contributed by atoms with Crippen LogP contribution in [0.3, 0.4) is 0 Å². The van der Waals surface area contributed by atoms with Crippen LogP contribution in [0, 0.1) is 6.92 Å². The number of nitrogens with one attached hydrogen (secondary N) is 1. The Morgan fingerprint density at radius 1 is 1.30 bits per heavy atom. The van der Waals surface area contributed by atoms with Crippen molar-refractivity contribution in [1.82, 2.24) is 10.3 Å². The van der Waals surface area contributed by atoms with Crippen LogP contribution in [-0.4, -0.2) is 36.9 Å². The van der Waals surface area contributed by atoms with Crippen LogP contribution < -0.4 is 5.32 Å². The molecule has 1 saturated carbocycles. The Bertz CT molecular complexity index is 871. The molecule has 0 spiro atoms. The molecule has 1 aromatic carbocycles. The number of rotatable bonds is 4. The molecule has 2 aromatic rings. The van der Waals surface area contributed by atoms with Gasteiger partial charge in [-0.25, -0.2) is 8.42 Å². The molecule has 0 aliphatic heterocycles. The smallest absolute Gasteiger partial charge is 0.252 e. The second kappa shape index (κ2) is 5.60. The standard InChI is InChI=1S/C17H20N2O3S/c1-12-10-14(13-6-3-4-7-15(13)19-12)16(20)18-11-17(8-5-9-17)23(2,21)22/h3-4,6-7,10H,5,8-9,11H2,1-2H3,(H,18,20). The van der Waals surface area contributed by atoms with Crippen LogP contribution >= 0.6 is 0 Å². The monoisotopic (exact) mass is 332 g/mol. The van der Waals surface area contributed by atoms with E-state index in [1.807, 2.05) is 31.2 Å². The summed E-state index contributed by atoms with van der Waals surface area (Å²) in [5.74, 6) is -0.248. The van der Waals surface area contributed by atoms with Gasteiger partial charge in [-0.05, 0) is 31.9 Å². The van der Waals surface area contributed by atoms with Crippen LogP contribution in [0.4, 0.5) is 0 Å². The molecule has 1 N–H and O–H groups in total. The summed E-state index contributed by atoms with van der Waals surface area (Å²) < 4.78 is 23.2. The van der Waals surface area contributed by atoms with Crippen LogP contribution in [0.2, 0.25) is 0 Å². The summed E-state index contributed by atoms with van der Waals surface area (Å²) in [6.45, 7) is 2.01. The first-order chi connectivity index (χ1) is 10.8. The lowest BCUT2D eigenvalue weighted by Crippen LogP contribution is -2.53. The molecule has 1 aromatic heterocycles. The van der Waals surface area contributed by atoms with Crippen molar-refractivity contribution >= 4 is 26.6 Å². The summed E-state index contributed by atoms with van der Waals surface area (Å²) in [5.41, 5.74) is 2.06. The lowest BCUT2D eigenvalue weighted by Gasteiger charge is -2.39. The summed E-state index contributed by atoms with van der Waals surface area (Å²) in [6, 6.07) is 9.20. The maximum Gasteiger partial charge on any atom is 0.252 e. The van der Waals surface area contributed by atoms with Gasteiger partial charge in [0.1, 0.15) is 0 Å². The molecular formula is C17H20N2O3S. The number of nitrogens with zero attached hydrogens (tertiary/aromatic N) is 1. The highest BCUT2D eigenvalue weighted by atomic mass is 32.2. The van der Waals surface area contributed by atoms with Gasteiger partial charge in [-0.3, -0.25) is 9.78 Å². The van der Waals surface area contributed by atoms with Crippen molar-refractivity contribution in [2.75, 3.05) is 12.8 Å². The zero-order valence-electron chi connectivity index (χ0n) is 13.3. The van der Waals surface area contributed by atoms with E-state index in [4.69, 9.17) is 0 Å². The highest BCUT2D eigenvalue weighted by Crippen LogP contribution is 2.38. The fraction of sp³-hybridized carbons (Fsp3) is 0.412. The molecule has 0 bridgehead atoms. The van der Waals surface area contributed by atoms with Gasteiger partial charge >= 0.3 is 0 Å². The normalized spacial score (nSPS) is 16.8. The Balaban J connectivity index is 1.87. The van der Waals surface area contributed by atoms with E-state index in [-0.39, 0.29) is 12.5 Å². The zero-order valence-corrected chi connectivity index (χ0v) is 14.1. The highest BCUT2D eigenvalue weighted by Gasteiger charge is 2.46. The highest BCUT2D eigenvalue weighted by molar-refractivity contribution is 7.92. The number of fused-ring (bicyclic) bond motifs is 1. The first kappa shape index (κ1) is 15.9. The molecule has 1 heterocycles. The molecule has 1 aliphatic carbocycles. The maximum atomic E-state index is 12.6. The van der Waals surface area contributed by atoms with Gasteiger partial charge in [0.05, 0.1) is 15.8 Å². The third kappa shape index (κ3) is 2.83. The number of amides is 1. The van der Waals surface area contributed by atoms with Crippen molar-refractivity contribution in [1.29, 1.82) is 0 Å². The third-order valence-electron chi connectivity index (χ3n) is 4.71. The second-order valence-corrected chi connectivity index (χ2v) is 8.73. The molecule has 5 nitrogen and oxygen atoms in total. The molecule has 0 saturated heterocycles. The number of pyridine rings is 1. The quantitative estimate of drug-likeness (QED) is 0.931. The topological polar surface area (TPSA) is 76.1 Å². The van der Waals surface area contributed by atoms with Crippen LogP contribution in [0.25, 0.3) is 10.9 Å². The fourth-order valence-electron chi connectivity index (χ4n) is 3.08. The van der Waals surface area contributed by atoms with Crippen molar-refractivity contribution in [3.8, 4) is 0 Å². The van der Waals surface area contributed by atoms with Crippen molar-refractivity contribution in [2.45, 2.75) is 30.9 Å². The molecule has 0 radical (unpaired) electrons. The van der Waals surface area contributed by atoms with Gasteiger partial charge in [0.25, 0.3) is 5.91 Å². The van der Waals surface area contributed by atoms with E-state index in [0.717, 1.165) is 23.0 Å². The van der Waals surface area contributed by atoms with Gasteiger partial charge in [-0.1, -0.05) is 24.6 Å². The number of hydrogen-bond acceptors (Lipinski definition) is 4. The summed E-state index contributed by atoms with van der Waals surface area (Å²) >= 11 is 0. The largest absolute Gasteiger partial charge is 0.350 e. The number of aryl methyl sites for hydroxylation is 1. The molecule has 1 fully saturated rings. The molecule has 0 atom stereocenters. The first-order valence-corrected chi connectivity index (χ1v) is 9.56. The molecule has 122 valence electrons. The molecule has 23 heavy (non-hydrogen) atoms. The third-order valence-corrected chi connectivity index (χ3v) is 6.84. The Labute approximate surface area is 136 Å². The Hall–Kier alpha value is -1.95. The van der Waals surface area contributed by atoms with E-state index in [1.54, 1.807) is 6.07 Å². The number of para-hydroxylation sites is 1. The second-order valence-electron chi connectivity index (χ2n) is 6.32. The summed E-state index contributed by atoms with van der Waals surface area (Å²) in [7, 11) is -3.18. The average Bonchev–Trinajstić information content (AvgIpc) is 2.43. The molecule has 3 rings (SSSR count). The van der Waals surface area contributed by atoms with E-state index in [9.17, 15) is 13.2 Å². The van der Waals surface area contributed by atoms with E-state index in [0.29, 0.717) is 18.4 Å². The van der Waals surface area contributed by atoms with Gasteiger partial charge < -0.3 is 5.32 Å². The van der Waals surface area contributed by atoms with Crippen LogP contribution in [-0.2, 0) is 9.84 Å². The van der Waals surface area contributed by atoms with E-state index in [2.05, 4.69) is 10.3 Å². The summed E-state index contributed by atoms with van der Waals surface area (Å²) in [6.07, 6.45) is 3.37. The number of benzene rings is 1. The van der Waals surface area contributed by atoms with Crippen molar-refractivity contribution in [3.63, 3.8) is 0 Å². The molecule has 1 amide bonds. The van der Waals surface area contributed by atoms with Gasteiger partial charge in [0, 0.05) is 23.9 Å². The molecular weight excluding hydrogens is 312 g/mol. The number of carbonyl (C=O) groups is 1. The van der Waals surface area contributed by atoms with E-state index >= 15 is 0 Å². The minimum Gasteiger partial charge on any atom is -0.350 e. The minimum atomic E-state index is -3.18. The molecule has 6 heteroatoms. The fourth-order valence-corrected chi connectivity index (χ4v) is 4.45. The Morgan fingerprint density at radius 2 is 2.00 bits per heavy atom. The lowest BCUT2D eigenvalue weighted by atomic mass is 9.84. The lowest BCUT2D eigenvalue weighted by molar-refractivity contribution is 0.0944. The SMILES string of the molecule is Cc1cc(C(=O)NCC2(S(C)(=O)=O)CCC2)c2ccccc2n1. The molecule has 1 aliphatic rings. The van der Waals surface area contributed by atoms with Crippen LogP contribution in [0.1, 0.15) is 35.3 Å². The van der Waals surface area contributed by atoms with E-state index < -0.39 is 14.6 Å². The van der Waals surface area contributed by atoms with Crippen LogP contribution in [0.15, 0.2) is 30.3 Å². The zero-order chi connectivity index (χ0) is 16.7. The van der Waals surface area contributed by atoms with Crippen molar-refractivity contribution in [2.24, 2.45) is 0 Å². The predicted octanol–water partition coefficient (Wildman–Crippen LogP) is 2.24. The Kier molecular flexibility index (Phi) is 3.88. The summed E-state index contributed by atoms with van der Waals surface area (Å²) in [5, 5.41) is 3.60. The number of sulfone groups is 1. The van der Waals surface area contributed by atoms with Gasteiger partial charge in [0.15, 0.2) is 9.84 Å².